The Balaban J connectivity index is 2.30. The van der Waals surface area contributed by atoms with Crippen molar-refractivity contribution in [2.45, 2.75) is 26.0 Å². The van der Waals surface area contributed by atoms with E-state index >= 15 is 0 Å². The topological polar surface area (TPSA) is 35.2 Å². The zero-order valence-electron chi connectivity index (χ0n) is 11.7. The van der Waals surface area contributed by atoms with Gasteiger partial charge in [0.2, 0.25) is 0 Å². The van der Waals surface area contributed by atoms with Crippen LogP contribution in [0.25, 0.3) is 0 Å². The Kier molecular flexibility index (Phi) is 4.96. The molecular weight excluding hydrogens is 340 g/mol. The Morgan fingerprint density at radius 3 is 2.05 bits per heavy atom. The van der Waals surface area contributed by atoms with E-state index in [1.54, 1.807) is 24.3 Å². The van der Waals surface area contributed by atoms with Gasteiger partial charge in [0.1, 0.15) is 17.4 Å². The Morgan fingerprint density at radius 2 is 1.57 bits per heavy atom. The summed E-state index contributed by atoms with van der Waals surface area (Å²) in [6, 6.07) is 8.44. The molecule has 0 fully saturated rings. The molecule has 2 aromatic rings. The minimum atomic E-state index is -0.869. The lowest BCUT2D eigenvalue weighted by molar-refractivity contribution is 0.242. The average molecular weight is 356 g/mol. The highest BCUT2D eigenvalue weighted by atomic mass is 79.9. The summed E-state index contributed by atoms with van der Waals surface area (Å²) in [5, 5.41) is 0. The molecule has 0 amide bonds. The number of benzene rings is 2. The van der Waals surface area contributed by atoms with Crippen LogP contribution in [0, 0.1) is 11.6 Å². The second kappa shape index (κ2) is 6.54. The van der Waals surface area contributed by atoms with Gasteiger partial charge in [-0.15, -0.1) is 0 Å². The van der Waals surface area contributed by atoms with Crippen molar-refractivity contribution in [2.75, 3.05) is 0 Å². The molecule has 5 heteroatoms. The number of ether oxygens (including phenoxy) is 1. The lowest BCUT2D eigenvalue weighted by atomic mass is 9.98. The summed E-state index contributed by atoms with van der Waals surface area (Å²) in [6.45, 7) is 3.85. The number of hydrogen-bond donors (Lipinski definition) is 1. The highest BCUT2D eigenvalue weighted by Gasteiger charge is 2.19. The van der Waals surface area contributed by atoms with Gasteiger partial charge in [-0.3, -0.25) is 0 Å². The maximum Gasteiger partial charge on any atom is 0.132 e. The number of rotatable bonds is 4. The largest absolute Gasteiger partial charge is 0.491 e. The summed E-state index contributed by atoms with van der Waals surface area (Å²) < 4.78 is 33.7. The molecule has 0 aliphatic rings. The molecule has 2 N–H and O–H groups in total. The van der Waals surface area contributed by atoms with Crippen molar-refractivity contribution in [3.05, 3.63) is 63.6 Å². The Hall–Kier alpha value is -1.46. The molecule has 1 unspecified atom stereocenters. The number of halogens is 3. The van der Waals surface area contributed by atoms with Crippen LogP contribution in [0.4, 0.5) is 8.78 Å². The smallest absolute Gasteiger partial charge is 0.132 e. The summed E-state index contributed by atoms with van der Waals surface area (Å²) >= 11 is 3.05. The van der Waals surface area contributed by atoms with Gasteiger partial charge in [0.05, 0.1) is 12.1 Å². The van der Waals surface area contributed by atoms with Crippen molar-refractivity contribution >= 4 is 15.9 Å². The second-order valence-corrected chi connectivity index (χ2v) is 5.91. The van der Waals surface area contributed by atoms with Gasteiger partial charge in [0.15, 0.2) is 0 Å². The fourth-order valence-electron chi connectivity index (χ4n) is 2.04. The first-order valence-electron chi connectivity index (χ1n) is 6.55. The van der Waals surface area contributed by atoms with Crippen LogP contribution in [0.15, 0.2) is 40.9 Å². The quantitative estimate of drug-likeness (QED) is 0.872. The van der Waals surface area contributed by atoms with Gasteiger partial charge in [-0.2, -0.15) is 0 Å². The van der Waals surface area contributed by atoms with Crippen molar-refractivity contribution in [2.24, 2.45) is 5.73 Å². The molecule has 0 bridgehead atoms. The number of hydrogen-bond acceptors (Lipinski definition) is 2. The summed E-state index contributed by atoms with van der Waals surface area (Å²) in [5.74, 6) is -0.647. The minimum absolute atomic E-state index is 0.0610. The molecule has 0 aliphatic heterocycles. The van der Waals surface area contributed by atoms with Crippen LogP contribution in [0.2, 0.25) is 0 Å². The average Bonchev–Trinajstić information content (AvgIpc) is 2.37. The normalized spacial score (nSPS) is 12.5. The van der Waals surface area contributed by atoms with Crippen LogP contribution >= 0.6 is 15.9 Å². The van der Waals surface area contributed by atoms with Crippen LogP contribution < -0.4 is 10.5 Å². The molecule has 0 aromatic heterocycles. The van der Waals surface area contributed by atoms with E-state index in [1.165, 1.54) is 12.1 Å². The first-order valence-corrected chi connectivity index (χ1v) is 7.34. The molecule has 2 nitrogen and oxygen atoms in total. The highest BCUT2D eigenvalue weighted by molar-refractivity contribution is 9.10. The Morgan fingerprint density at radius 1 is 1.05 bits per heavy atom. The summed E-state index contributed by atoms with van der Waals surface area (Å²) in [4.78, 5) is 0. The number of nitrogens with two attached hydrogens (primary N) is 1. The van der Waals surface area contributed by atoms with Crippen molar-refractivity contribution in [3.63, 3.8) is 0 Å². The lowest BCUT2D eigenvalue weighted by Crippen LogP contribution is -2.16. The van der Waals surface area contributed by atoms with Crippen LogP contribution in [0.5, 0.6) is 5.75 Å². The minimum Gasteiger partial charge on any atom is -0.491 e. The molecule has 0 aliphatic carbocycles. The molecule has 2 rings (SSSR count). The molecule has 2 aromatic carbocycles. The zero-order valence-corrected chi connectivity index (χ0v) is 13.3. The maximum absolute atomic E-state index is 13.9. The highest BCUT2D eigenvalue weighted by Crippen LogP contribution is 2.28. The van der Waals surface area contributed by atoms with E-state index in [0.29, 0.717) is 15.8 Å². The van der Waals surface area contributed by atoms with E-state index in [0.717, 1.165) is 0 Å². The molecule has 0 heterocycles. The van der Waals surface area contributed by atoms with E-state index in [2.05, 4.69) is 15.9 Å². The Labute approximate surface area is 131 Å². The predicted molar refractivity (Wildman–Crippen MR) is 82.3 cm³/mol. The van der Waals surface area contributed by atoms with Crippen molar-refractivity contribution in [1.29, 1.82) is 0 Å². The summed E-state index contributed by atoms with van der Waals surface area (Å²) in [7, 11) is 0. The zero-order chi connectivity index (χ0) is 15.6. The fourth-order valence-corrected chi connectivity index (χ4v) is 2.45. The van der Waals surface area contributed by atoms with E-state index in [1.807, 2.05) is 13.8 Å². The standard InChI is InChI=1S/C16H16BrF2NO/c1-9(2)21-12-5-3-10(4-6-12)16(20)15-13(18)7-11(17)8-14(15)19/h3-9,16H,20H2,1-2H3. The third-order valence-corrected chi connectivity index (χ3v) is 3.42. The van der Waals surface area contributed by atoms with E-state index < -0.39 is 17.7 Å². The van der Waals surface area contributed by atoms with E-state index in [4.69, 9.17) is 10.5 Å². The molecule has 112 valence electrons. The molecule has 0 saturated heterocycles. The molecule has 0 radical (unpaired) electrons. The van der Waals surface area contributed by atoms with Crippen LogP contribution in [-0.4, -0.2) is 6.10 Å². The summed E-state index contributed by atoms with van der Waals surface area (Å²) in [5.41, 5.74) is 6.46. The summed E-state index contributed by atoms with van der Waals surface area (Å²) in [6.07, 6.45) is 0.0610. The van der Waals surface area contributed by atoms with Gasteiger partial charge in [0, 0.05) is 10.0 Å². The van der Waals surface area contributed by atoms with Gasteiger partial charge >= 0.3 is 0 Å². The first-order chi connectivity index (χ1) is 9.88. The third-order valence-electron chi connectivity index (χ3n) is 2.97. The Bertz CT molecular complexity index is 606. The molecule has 21 heavy (non-hydrogen) atoms. The predicted octanol–water partition coefficient (Wildman–Crippen LogP) is 4.56. The van der Waals surface area contributed by atoms with Gasteiger partial charge in [-0.1, -0.05) is 28.1 Å². The van der Waals surface area contributed by atoms with Crippen LogP contribution in [-0.2, 0) is 0 Å². The first kappa shape index (κ1) is 15.9. The van der Waals surface area contributed by atoms with Crippen LogP contribution in [0.1, 0.15) is 31.0 Å². The van der Waals surface area contributed by atoms with Crippen LogP contribution in [0.3, 0.4) is 0 Å². The lowest BCUT2D eigenvalue weighted by Gasteiger charge is -2.16. The molecule has 0 saturated carbocycles. The fraction of sp³-hybridized carbons (Fsp3) is 0.250. The van der Waals surface area contributed by atoms with Crippen molar-refractivity contribution in [1.82, 2.24) is 0 Å². The van der Waals surface area contributed by atoms with Gasteiger partial charge in [-0.05, 0) is 43.7 Å². The van der Waals surface area contributed by atoms with Crippen molar-refractivity contribution < 1.29 is 13.5 Å². The van der Waals surface area contributed by atoms with Gasteiger partial charge in [0.25, 0.3) is 0 Å². The van der Waals surface area contributed by atoms with E-state index in [9.17, 15) is 8.78 Å². The molecular formula is C16H16BrF2NO. The monoisotopic (exact) mass is 355 g/mol. The molecule has 0 spiro atoms. The van der Waals surface area contributed by atoms with E-state index in [-0.39, 0.29) is 11.7 Å². The van der Waals surface area contributed by atoms with Gasteiger partial charge < -0.3 is 10.5 Å². The third kappa shape index (κ3) is 3.80. The second-order valence-electron chi connectivity index (χ2n) is 5.00. The molecule has 1 atom stereocenters. The van der Waals surface area contributed by atoms with Gasteiger partial charge in [-0.25, -0.2) is 8.78 Å². The van der Waals surface area contributed by atoms with Crippen molar-refractivity contribution in [3.8, 4) is 5.75 Å². The maximum atomic E-state index is 13.9. The SMILES string of the molecule is CC(C)Oc1ccc(C(N)c2c(F)cc(Br)cc2F)cc1.